The first kappa shape index (κ1) is 25.9. The minimum absolute atomic E-state index is 0.0253. The number of carbonyl (C=O) groups excluding carboxylic acids is 2. The van der Waals surface area contributed by atoms with E-state index in [9.17, 15) is 9.59 Å². The lowest BCUT2D eigenvalue weighted by molar-refractivity contribution is -0.145. The third kappa shape index (κ3) is 7.38. The van der Waals surface area contributed by atoms with Gasteiger partial charge in [0.1, 0.15) is 13.2 Å². The van der Waals surface area contributed by atoms with Gasteiger partial charge in [-0.1, -0.05) is 50.6 Å². The number of rotatable bonds is 12. The lowest BCUT2D eigenvalue weighted by Crippen LogP contribution is -2.48. The van der Waals surface area contributed by atoms with E-state index in [0.717, 1.165) is 22.7 Å². The number of ether oxygens (including phenoxy) is 1. The molecular weight excluding hydrogens is 426 g/mol. The second-order valence-electron chi connectivity index (χ2n) is 8.60. The van der Waals surface area contributed by atoms with Gasteiger partial charge in [-0.25, -0.2) is 0 Å². The molecule has 0 bridgehead atoms. The van der Waals surface area contributed by atoms with Crippen molar-refractivity contribution in [3.8, 4) is 0 Å². The standard InChI is InChI=1S/C25H36ClN3O3/c1-6-20(4)29(25(31)18-32-5)17-24(30)28(14-19(2)3)16-22-11-9-13-27(22)15-21-10-7-8-12-23(21)26/h7-13,19-20H,6,14-18H2,1-5H3. The zero-order valence-electron chi connectivity index (χ0n) is 19.9. The molecule has 32 heavy (non-hydrogen) atoms. The third-order valence-corrected chi connectivity index (χ3v) is 5.90. The van der Waals surface area contributed by atoms with Crippen molar-refractivity contribution in [2.24, 2.45) is 5.92 Å². The summed E-state index contributed by atoms with van der Waals surface area (Å²) in [6.45, 7) is 9.90. The first-order valence-electron chi connectivity index (χ1n) is 11.2. The van der Waals surface area contributed by atoms with Crippen molar-refractivity contribution in [2.75, 3.05) is 26.8 Å². The number of methoxy groups -OCH3 is 1. The van der Waals surface area contributed by atoms with Gasteiger partial charge in [-0.15, -0.1) is 0 Å². The van der Waals surface area contributed by atoms with Gasteiger partial charge in [-0.3, -0.25) is 9.59 Å². The maximum absolute atomic E-state index is 13.3. The summed E-state index contributed by atoms with van der Waals surface area (Å²) in [5.41, 5.74) is 2.05. The van der Waals surface area contributed by atoms with Crippen LogP contribution >= 0.6 is 11.6 Å². The highest BCUT2D eigenvalue weighted by atomic mass is 35.5. The molecule has 2 rings (SSSR count). The van der Waals surface area contributed by atoms with Crippen molar-refractivity contribution < 1.29 is 14.3 Å². The number of amides is 2. The van der Waals surface area contributed by atoms with Gasteiger partial charge in [0.25, 0.3) is 0 Å². The molecule has 0 aliphatic rings. The Labute approximate surface area is 197 Å². The molecule has 7 heteroatoms. The first-order valence-corrected chi connectivity index (χ1v) is 11.6. The minimum atomic E-state index is -0.165. The normalized spacial score (nSPS) is 12.1. The molecule has 1 aromatic heterocycles. The summed E-state index contributed by atoms with van der Waals surface area (Å²) in [5, 5.41) is 0.725. The Bertz CT molecular complexity index is 881. The molecule has 1 unspecified atom stereocenters. The highest BCUT2D eigenvalue weighted by Gasteiger charge is 2.25. The van der Waals surface area contributed by atoms with Crippen LogP contribution in [-0.2, 0) is 27.4 Å². The fraction of sp³-hybridized carbons (Fsp3) is 0.520. The lowest BCUT2D eigenvalue weighted by Gasteiger charge is -2.32. The molecule has 2 amide bonds. The predicted molar refractivity (Wildman–Crippen MR) is 129 cm³/mol. The van der Waals surface area contributed by atoms with Gasteiger partial charge >= 0.3 is 0 Å². The van der Waals surface area contributed by atoms with Crippen molar-refractivity contribution in [3.63, 3.8) is 0 Å². The van der Waals surface area contributed by atoms with E-state index < -0.39 is 0 Å². The van der Waals surface area contributed by atoms with Crippen LogP contribution in [0.1, 0.15) is 45.4 Å². The van der Waals surface area contributed by atoms with Gasteiger partial charge in [0, 0.05) is 43.2 Å². The Balaban J connectivity index is 2.20. The minimum Gasteiger partial charge on any atom is -0.375 e. The first-order chi connectivity index (χ1) is 15.3. The Morgan fingerprint density at radius 1 is 1.09 bits per heavy atom. The maximum atomic E-state index is 13.3. The lowest BCUT2D eigenvalue weighted by atomic mass is 10.1. The van der Waals surface area contributed by atoms with E-state index in [0.29, 0.717) is 25.6 Å². The predicted octanol–water partition coefficient (Wildman–Crippen LogP) is 4.45. The molecule has 0 spiro atoms. The Hall–Kier alpha value is -2.31. The molecule has 1 atom stereocenters. The fourth-order valence-electron chi connectivity index (χ4n) is 3.61. The van der Waals surface area contributed by atoms with Crippen LogP contribution in [0, 0.1) is 5.92 Å². The fourth-order valence-corrected chi connectivity index (χ4v) is 3.81. The third-order valence-electron chi connectivity index (χ3n) is 5.53. The van der Waals surface area contributed by atoms with Gasteiger partial charge in [0.05, 0.1) is 6.54 Å². The van der Waals surface area contributed by atoms with E-state index >= 15 is 0 Å². The summed E-state index contributed by atoms with van der Waals surface area (Å²) in [5.74, 6) is 0.0772. The van der Waals surface area contributed by atoms with Crippen LogP contribution in [0.15, 0.2) is 42.6 Å². The van der Waals surface area contributed by atoms with Gasteiger partial charge in [0.15, 0.2) is 0 Å². The molecule has 0 fully saturated rings. The summed E-state index contributed by atoms with van der Waals surface area (Å²) in [6.07, 6.45) is 2.78. The van der Waals surface area contributed by atoms with Crippen LogP contribution in [0.25, 0.3) is 0 Å². The van der Waals surface area contributed by atoms with E-state index in [-0.39, 0.29) is 31.0 Å². The summed E-state index contributed by atoms with van der Waals surface area (Å²) in [6, 6.07) is 11.8. The topological polar surface area (TPSA) is 54.8 Å². The molecule has 0 N–H and O–H groups in total. The summed E-state index contributed by atoms with van der Waals surface area (Å²) >= 11 is 6.35. The van der Waals surface area contributed by atoms with Crippen LogP contribution in [-0.4, -0.2) is 59.0 Å². The molecule has 0 saturated carbocycles. The second-order valence-corrected chi connectivity index (χ2v) is 9.01. The van der Waals surface area contributed by atoms with Crippen molar-refractivity contribution in [2.45, 2.75) is 53.2 Å². The number of carbonyl (C=O) groups is 2. The molecular formula is C25H36ClN3O3. The Morgan fingerprint density at radius 3 is 2.44 bits per heavy atom. The largest absolute Gasteiger partial charge is 0.375 e. The van der Waals surface area contributed by atoms with Crippen molar-refractivity contribution >= 4 is 23.4 Å². The molecule has 0 saturated heterocycles. The number of benzene rings is 1. The van der Waals surface area contributed by atoms with Crippen LogP contribution in [0.5, 0.6) is 0 Å². The number of nitrogens with zero attached hydrogens (tertiary/aromatic N) is 3. The smallest absolute Gasteiger partial charge is 0.249 e. The van der Waals surface area contributed by atoms with Gasteiger partial charge in [-0.05, 0) is 43.0 Å². The zero-order chi connectivity index (χ0) is 23.7. The zero-order valence-corrected chi connectivity index (χ0v) is 20.6. The summed E-state index contributed by atoms with van der Waals surface area (Å²) in [4.78, 5) is 29.3. The molecule has 0 aliphatic carbocycles. The summed E-state index contributed by atoms with van der Waals surface area (Å²) in [7, 11) is 1.49. The van der Waals surface area contributed by atoms with Crippen LogP contribution in [0.2, 0.25) is 5.02 Å². The van der Waals surface area contributed by atoms with E-state index in [4.69, 9.17) is 16.3 Å². The van der Waals surface area contributed by atoms with E-state index in [1.54, 1.807) is 4.90 Å². The van der Waals surface area contributed by atoms with Crippen LogP contribution in [0.4, 0.5) is 0 Å². The SMILES string of the molecule is CCC(C)N(CC(=O)N(Cc1cccn1Cc1ccccc1Cl)CC(C)C)C(=O)COC. The number of aromatic nitrogens is 1. The number of halogens is 1. The average Bonchev–Trinajstić information content (AvgIpc) is 3.18. The number of hydrogen-bond acceptors (Lipinski definition) is 3. The van der Waals surface area contributed by atoms with Gasteiger partial charge in [0.2, 0.25) is 11.8 Å². The Morgan fingerprint density at radius 2 is 1.81 bits per heavy atom. The molecule has 6 nitrogen and oxygen atoms in total. The van der Waals surface area contributed by atoms with E-state index in [1.807, 2.05) is 61.3 Å². The molecule has 176 valence electrons. The highest BCUT2D eigenvalue weighted by molar-refractivity contribution is 6.31. The van der Waals surface area contributed by atoms with Crippen molar-refractivity contribution in [1.82, 2.24) is 14.4 Å². The highest BCUT2D eigenvalue weighted by Crippen LogP contribution is 2.19. The monoisotopic (exact) mass is 461 g/mol. The van der Waals surface area contributed by atoms with Crippen molar-refractivity contribution in [1.29, 1.82) is 0 Å². The average molecular weight is 462 g/mol. The summed E-state index contributed by atoms with van der Waals surface area (Å²) < 4.78 is 7.14. The molecule has 1 aromatic carbocycles. The van der Waals surface area contributed by atoms with Gasteiger partial charge in [-0.2, -0.15) is 0 Å². The molecule has 0 aliphatic heterocycles. The number of hydrogen-bond donors (Lipinski definition) is 0. The maximum Gasteiger partial charge on any atom is 0.249 e. The van der Waals surface area contributed by atoms with E-state index in [2.05, 4.69) is 18.4 Å². The van der Waals surface area contributed by atoms with Crippen LogP contribution < -0.4 is 0 Å². The quantitative estimate of drug-likeness (QED) is 0.469. The second kappa shape index (κ2) is 12.7. The molecule has 1 heterocycles. The van der Waals surface area contributed by atoms with Crippen molar-refractivity contribution in [3.05, 3.63) is 58.9 Å². The molecule has 2 aromatic rings. The van der Waals surface area contributed by atoms with E-state index in [1.165, 1.54) is 7.11 Å². The molecule has 0 radical (unpaired) electrons. The van der Waals surface area contributed by atoms with Crippen LogP contribution in [0.3, 0.4) is 0 Å². The van der Waals surface area contributed by atoms with Gasteiger partial charge < -0.3 is 19.1 Å². The Kier molecular flexibility index (Phi) is 10.3.